The van der Waals surface area contributed by atoms with Crippen LogP contribution in [-0.4, -0.2) is 44.7 Å². The van der Waals surface area contributed by atoms with Crippen molar-refractivity contribution in [2.45, 2.75) is 13.3 Å². The van der Waals surface area contributed by atoms with Crippen molar-refractivity contribution in [3.8, 4) is 5.75 Å². The van der Waals surface area contributed by atoms with Crippen LogP contribution < -0.4 is 10.1 Å². The molecule has 0 spiro atoms. The molecule has 0 atom stereocenters. The number of piperazine rings is 1. The molecule has 18 heavy (non-hydrogen) atoms. The second-order valence-corrected chi connectivity index (χ2v) is 5.10. The highest BCUT2D eigenvalue weighted by Gasteiger charge is 2.13. The van der Waals surface area contributed by atoms with E-state index in [4.69, 9.17) is 16.3 Å². The molecular formula is C14H21ClN2O. The molecule has 2 rings (SSSR count). The average Bonchev–Trinajstić information content (AvgIpc) is 2.40. The number of aryl methyl sites for hydroxylation is 1. The molecule has 1 saturated heterocycles. The zero-order valence-electron chi connectivity index (χ0n) is 11.1. The summed E-state index contributed by atoms with van der Waals surface area (Å²) < 4.78 is 5.28. The molecule has 1 aromatic carbocycles. The topological polar surface area (TPSA) is 24.5 Å². The molecular weight excluding hydrogens is 248 g/mol. The van der Waals surface area contributed by atoms with Crippen molar-refractivity contribution in [1.82, 2.24) is 10.2 Å². The molecule has 1 N–H and O–H groups in total. The molecule has 1 aromatic rings. The van der Waals surface area contributed by atoms with E-state index in [0.717, 1.165) is 49.9 Å². The van der Waals surface area contributed by atoms with Crippen LogP contribution in [0.15, 0.2) is 12.1 Å². The number of halogens is 1. The molecule has 100 valence electrons. The summed E-state index contributed by atoms with van der Waals surface area (Å²) in [5, 5.41) is 4.14. The maximum absolute atomic E-state index is 6.38. The molecule has 3 nitrogen and oxygen atoms in total. The quantitative estimate of drug-likeness (QED) is 0.905. The molecule has 1 fully saturated rings. The second kappa shape index (κ2) is 6.41. The van der Waals surface area contributed by atoms with Crippen molar-refractivity contribution in [1.29, 1.82) is 0 Å². The third kappa shape index (κ3) is 3.16. The number of hydrogen-bond donors (Lipinski definition) is 1. The molecule has 1 aliphatic heterocycles. The molecule has 0 radical (unpaired) electrons. The Morgan fingerprint density at radius 1 is 1.33 bits per heavy atom. The summed E-state index contributed by atoms with van der Waals surface area (Å²) in [6.07, 6.45) is 0.988. The highest BCUT2D eigenvalue weighted by atomic mass is 35.5. The van der Waals surface area contributed by atoms with Gasteiger partial charge in [-0.1, -0.05) is 17.7 Å². The maximum Gasteiger partial charge on any atom is 0.137 e. The standard InChI is InChI=1S/C14H21ClN2O/c1-11-3-4-13(18-2)14(15)12(11)5-8-17-9-6-16-7-10-17/h3-4,16H,5-10H2,1-2H3. The molecule has 0 saturated carbocycles. The van der Waals surface area contributed by atoms with Gasteiger partial charge in [0.15, 0.2) is 0 Å². The summed E-state index contributed by atoms with van der Waals surface area (Å²) >= 11 is 6.38. The van der Waals surface area contributed by atoms with E-state index in [-0.39, 0.29) is 0 Å². The SMILES string of the molecule is COc1ccc(C)c(CCN2CCNCC2)c1Cl. The summed E-state index contributed by atoms with van der Waals surface area (Å²) in [6, 6.07) is 4.02. The first kappa shape index (κ1) is 13.7. The maximum atomic E-state index is 6.38. The van der Waals surface area contributed by atoms with E-state index in [9.17, 15) is 0 Å². The minimum atomic E-state index is 0.771. The summed E-state index contributed by atoms with van der Waals surface area (Å²) in [5.74, 6) is 0.776. The first-order valence-corrected chi connectivity index (χ1v) is 6.85. The fourth-order valence-corrected chi connectivity index (χ4v) is 2.75. The summed E-state index contributed by atoms with van der Waals surface area (Å²) in [4.78, 5) is 2.48. The Kier molecular flexibility index (Phi) is 4.87. The van der Waals surface area contributed by atoms with Gasteiger partial charge in [-0.3, -0.25) is 0 Å². The average molecular weight is 269 g/mol. The number of methoxy groups -OCH3 is 1. The number of ether oxygens (including phenoxy) is 1. The van der Waals surface area contributed by atoms with E-state index in [1.165, 1.54) is 11.1 Å². The van der Waals surface area contributed by atoms with Gasteiger partial charge in [0.25, 0.3) is 0 Å². The zero-order chi connectivity index (χ0) is 13.0. The molecule has 1 aliphatic rings. The lowest BCUT2D eigenvalue weighted by atomic mass is 10.0. The Morgan fingerprint density at radius 2 is 2.06 bits per heavy atom. The predicted octanol–water partition coefficient (Wildman–Crippen LogP) is 2.10. The van der Waals surface area contributed by atoms with Crippen LogP contribution in [0.4, 0.5) is 0 Å². The lowest BCUT2D eigenvalue weighted by Crippen LogP contribution is -2.44. The molecule has 4 heteroatoms. The first-order valence-electron chi connectivity index (χ1n) is 6.47. The Balaban J connectivity index is 2.03. The molecule has 1 heterocycles. The molecule has 0 amide bonds. The van der Waals surface area contributed by atoms with E-state index in [0.29, 0.717) is 0 Å². The molecule has 0 bridgehead atoms. The second-order valence-electron chi connectivity index (χ2n) is 4.72. The highest BCUT2D eigenvalue weighted by Crippen LogP contribution is 2.30. The number of nitrogens with zero attached hydrogens (tertiary/aromatic N) is 1. The van der Waals surface area contributed by atoms with Crippen LogP contribution in [0.1, 0.15) is 11.1 Å². The van der Waals surface area contributed by atoms with Crippen LogP contribution in [0.3, 0.4) is 0 Å². The number of benzene rings is 1. The fourth-order valence-electron chi connectivity index (χ4n) is 2.37. The van der Waals surface area contributed by atoms with E-state index in [1.54, 1.807) is 7.11 Å². The molecule has 0 unspecified atom stereocenters. The van der Waals surface area contributed by atoms with Gasteiger partial charge in [-0.05, 0) is 30.5 Å². The molecule has 0 aliphatic carbocycles. The minimum Gasteiger partial charge on any atom is -0.495 e. The normalized spacial score (nSPS) is 16.8. The van der Waals surface area contributed by atoms with Crippen LogP contribution in [-0.2, 0) is 6.42 Å². The van der Waals surface area contributed by atoms with E-state index < -0.39 is 0 Å². The third-order valence-electron chi connectivity index (χ3n) is 3.55. The lowest BCUT2D eigenvalue weighted by Gasteiger charge is -2.27. The van der Waals surface area contributed by atoms with Gasteiger partial charge >= 0.3 is 0 Å². The van der Waals surface area contributed by atoms with Crippen molar-refractivity contribution in [2.75, 3.05) is 39.8 Å². The predicted molar refractivity (Wildman–Crippen MR) is 75.8 cm³/mol. The summed E-state index contributed by atoms with van der Waals surface area (Å²) in [5.41, 5.74) is 2.46. The van der Waals surface area contributed by atoms with Gasteiger partial charge < -0.3 is 15.0 Å². The smallest absolute Gasteiger partial charge is 0.137 e. The fraction of sp³-hybridized carbons (Fsp3) is 0.571. The van der Waals surface area contributed by atoms with Gasteiger partial charge in [0.2, 0.25) is 0 Å². The van der Waals surface area contributed by atoms with Crippen LogP contribution in [0.5, 0.6) is 5.75 Å². The van der Waals surface area contributed by atoms with Gasteiger partial charge in [0, 0.05) is 32.7 Å². The largest absolute Gasteiger partial charge is 0.495 e. The van der Waals surface area contributed by atoms with Gasteiger partial charge in [-0.2, -0.15) is 0 Å². The Morgan fingerprint density at radius 3 is 2.72 bits per heavy atom. The van der Waals surface area contributed by atoms with E-state index in [2.05, 4.69) is 23.2 Å². The Bertz CT molecular complexity index is 403. The van der Waals surface area contributed by atoms with Crippen LogP contribution >= 0.6 is 11.6 Å². The summed E-state index contributed by atoms with van der Waals surface area (Å²) in [6.45, 7) is 7.60. The first-order chi connectivity index (χ1) is 8.72. The van der Waals surface area contributed by atoms with Gasteiger partial charge in [0.05, 0.1) is 12.1 Å². The monoisotopic (exact) mass is 268 g/mol. The van der Waals surface area contributed by atoms with Crippen molar-refractivity contribution >= 4 is 11.6 Å². The minimum absolute atomic E-state index is 0.771. The van der Waals surface area contributed by atoms with Crippen molar-refractivity contribution in [3.05, 3.63) is 28.3 Å². The van der Waals surface area contributed by atoms with Crippen molar-refractivity contribution in [2.24, 2.45) is 0 Å². The highest BCUT2D eigenvalue weighted by molar-refractivity contribution is 6.32. The number of rotatable bonds is 4. The van der Waals surface area contributed by atoms with Gasteiger partial charge in [-0.25, -0.2) is 0 Å². The molecule has 0 aromatic heterocycles. The van der Waals surface area contributed by atoms with E-state index >= 15 is 0 Å². The van der Waals surface area contributed by atoms with Gasteiger partial charge in [0.1, 0.15) is 5.75 Å². The van der Waals surface area contributed by atoms with Crippen LogP contribution in [0, 0.1) is 6.92 Å². The lowest BCUT2D eigenvalue weighted by molar-refractivity contribution is 0.243. The van der Waals surface area contributed by atoms with Gasteiger partial charge in [-0.15, -0.1) is 0 Å². The van der Waals surface area contributed by atoms with Crippen molar-refractivity contribution < 1.29 is 4.74 Å². The van der Waals surface area contributed by atoms with E-state index in [1.807, 2.05) is 6.07 Å². The number of hydrogen-bond acceptors (Lipinski definition) is 3. The van der Waals surface area contributed by atoms with Crippen molar-refractivity contribution in [3.63, 3.8) is 0 Å². The van der Waals surface area contributed by atoms with Crippen LogP contribution in [0.25, 0.3) is 0 Å². The van der Waals surface area contributed by atoms with Crippen LogP contribution in [0.2, 0.25) is 5.02 Å². The third-order valence-corrected chi connectivity index (χ3v) is 3.96. The Hall–Kier alpha value is -0.770. The number of nitrogens with one attached hydrogen (secondary N) is 1. The Labute approximate surface area is 114 Å². The summed E-state index contributed by atoms with van der Waals surface area (Å²) in [7, 11) is 1.66. The zero-order valence-corrected chi connectivity index (χ0v) is 11.9.